The van der Waals surface area contributed by atoms with E-state index >= 15 is 0 Å². The number of para-hydroxylation sites is 2. The predicted molar refractivity (Wildman–Crippen MR) is 120 cm³/mol. The van der Waals surface area contributed by atoms with Crippen molar-refractivity contribution in [3.63, 3.8) is 0 Å². The lowest BCUT2D eigenvalue weighted by Gasteiger charge is -2.35. The minimum atomic E-state index is -0.297. The van der Waals surface area contributed by atoms with Gasteiger partial charge in [-0.3, -0.25) is 9.59 Å². The summed E-state index contributed by atoms with van der Waals surface area (Å²) in [6.07, 6.45) is 1.10. The molecule has 2 aliphatic heterocycles. The predicted octanol–water partition coefficient (Wildman–Crippen LogP) is 2.47. The highest BCUT2D eigenvalue weighted by Crippen LogP contribution is 2.28. The molecule has 2 aromatic carbocycles. The first-order chi connectivity index (χ1) is 14.6. The number of likely N-dealkylation sites (N-methyl/N-ethyl adjacent to an activating group) is 1. The van der Waals surface area contributed by atoms with Gasteiger partial charge in [0.1, 0.15) is 0 Å². The number of nitrogens with zero attached hydrogens (tertiary/aromatic N) is 3. The minimum absolute atomic E-state index is 0.0628. The van der Waals surface area contributed by atoms with Crippen molar-refractivity contribution in [2.45, 2.75) is 12.8 Å². The fourth-order valence-electron chi connectivity index (χ4n) is 4.21. The molecule has 0 aromatic heterocycles. The van der Waals surface area contributed by atoms with E-state index in [1.165, 1.54) is 5.56 Å². The lowest BCUT2D eigenvalue weighted by molar-refractivity contribution is -0.128. The Morgan fingerprint density at radius 1 is 1.00 bits per heavy atom. The summed E-state index contributed by atoms with van der Waals surface area (Å²) < 4.78 is 0. The minimum Gasteiger partial charge on any atom is -0.367 e. The molecule has 1 atom stereocenters. The van der Waals surface area contributed by atoms with Crippen LogP contribution in [-0.4, -0.2) is 67.9 Å². The van der Waals surface area contributed by atoms with Gasteiger partial charge in [-0.2, -0.15) is 0 Å². The second-order valence-corrected chi connectivity index (χ2v) is 8.27. The van der Waals surface area contributed by atoms with Gasteiger partial charge in [0.2, 0.25) is 11.8 Å². The van der Waals surface area contributed by atoms with Crippen LogP contribution >= 0.6 is 0 Å². The van der Waals surface area contributed by atoms with Crippen LogP contribution in [0.25, 0.3) is 0 Å². The van der Waals surface area contributed by atoms with Gasteiger partial charge in [-0.25, -0.2) is 0 Å². The molecular formula is C24H30N4O2. The molecule has 6 heteroatoms. The van der Waals surface area contributed by atoms with E-state index in [9.17, 15) is 9.59 Å². The third-order valence-electron chi connectivity index (χ3n) is 6.10. The molecule has 0 aliphatic carbocycles. The quantitative estimate of drug-likeness (QED) is 0.801. The van der Waals surface area contributed by atoms with Crippen LogP contribution in [0.15, 0.2) is 54.6 Å². The van der Waals surface area contributed by atoms with Crippen molar-refractivity contribution >= 4 is 23.2 Å². The lowest BCUT2D eigenvalue weighted by Crippen LogP contribution is -2.44. The van der Waals surface area contributed by atoms with E-state index < -0.39 is 0 Å². The lowest BCUT2D eigenvalue weighted by atomic mass is 10.1. The molecule has 6 nitrogen and oxygen atoms in total. The molecule has 158 valence electrons. The summed E-state index contributed by atoms with van der Waals surface area (Å²) in [6, 6.07) is 18.1. The van der Waals surface area contributed by atoms with Crippen LogP contribution < -0.4 is 10.2 Å². The van der Waals surface area contributed by atoms with Crippen molar-refractivity contribution in [2.75, 3.05) is 56.5 Å². The maximum absolute atomic E-state index is 13.0. The van der Waals surface area contributed by atoms with Crippen molar-refractivity contribution in [1.29, 1.82) is 0 Å². The summed E-state index contributed by atoms with van der Waals surface area (Å²) in [5.41, 5.74) is 3.10. The smallest absolute Gasteiger partial charge is 0.229 e. The highest BCUT2D eigenvalue weighted by atomic mass is 16.2. The molecule has 2 amide bonds. The van der Waals surface area contributed by atoms with Crippen LogP contribution in [0.2, 0.25) is 0 Å². The van der Waals surface area contributed by atoms with Crippen molar-refractivity contribution in [3.05, 3.63) is 60.2 Å². The number of hydrogen-bond donors (Lipinski definition) is 1. The highest BCUT2D eigenvalue weighted by molar-refractivity contribution is 5.99. The Morgan fingerprint density at radius 3 is 2.47 bits per heavy atom. The van der Waals surface area contributed by atoms with Gasteiger partial charge in [0, 0.05) is 45.7 Å². The molecule has 2 heterocycles. The number of carbonyl (C=O) groups is 2. The van der Waals surface area contributed by atoms with E-state index in [4.69, 9.17) is 0 Å². The van der Waals surface area contributed by atoms with E-state index in [0.29, 0.717) is 13.1 Å². The number of carbonyl (C=O) groups excluding carboxylic acids is 2. The Labute approximate surface area is 178 Å². The topological polar surface area (TPSA) is 55.9 Å². The van der Waals surface area contributed by atoms with Gasteiger partial charge in [-0.15, -0.1) is 0 Å². The average Bonchev–Trinajstić information content (AvgIpc) is 3.15. The summed E-state index contributed by atoms with van der Waals surface area (Å²) in [5, 5.41) is 3.10. The van der Waals surface area contributed by atoms with Crippen LogP contribution in [0.5, 0.6) is 0 Å². The molecule has 1 unspecified atom stereocenters. The molecule has 4 rings (SSSR count). The van der Waals surface area contributed by atoms with Gasteiger partial charge < -0.3 is 20.0 Å². The summed E-state index contributed by atoms with van der Waals surface area (Å²) >= 11 is 0. The third kappa shape index (κ3) is 4.82. The summed E-state index contributed by atoms with van der Waals surface area (Å²) in [4.78, 5) is 31.8. The fourth-order valence-corrected chi connectivity index (χ4v) is 4.21. The summed E-state index contributed by atoms with van der Waals surface area (Å²) in [7, 11) is 2.13. The van der Waals surface area contributed by atoms with Gasteiger partial charge in [0.25, 0.3) is 0 Å². The first-order valence-electron chi connectivity index (χ1n) is 10.8. The Balaban J connectivity index is 1.36. The van der Waals surface area contributed by atoms with Crippen molar-refractivity contribution < 1.29 is 9.59 Å². The molecular weight excluding hydrogens is 376 g/mol. The number of rotatable bonds is 6. The van der Waals surface area contributed by atoms with Gasteiger partial charge in [-0.05, 0) is 31.2 Å². The average molecular weight is 407 g/mol. The zero-order chi connectivity index (χ0) is 20.9. The van der Waals surface area contributed by atoms with Crippen molar-refractivity contribution in [1.82, 2.24) is 9.80 Å². The molecule has 2 aromatic rings. The van der Waals surface area contributed by atoms with E-state index in [0.717, 1.165) is 44.0 Å². The van der Waals surface area contributed by atoms with E-state index in [1.807, 2.05) is 41.3 Å². The Bertz CT molecular complexity index is 878. The normalized spacial score (nSPS) is 19.9. The van der Waals surface area contributed by atoms with Crippen LogP contribution in [0.3, 0.4) is 0 Å². The number of benzene rings is 2. The van der Waals surface area contributed by atoms with E-state index in [2.05, 4.69) is 40.4 Å². The van der Waals surface area contributed by atoms with Crippen LogP contribution in [0.1, 0.15) is 12.0 Å². The molecule has 2 saturated heterocycles. The molecule has 0 spiro atoms. The van der Waals surface area contributed by atoms with Gasteiger partial charge >= 0.3 is 0 Å². The molecule has 2 fully saturated rings. The van der Waals surface area contributed by atoms with Crippen LogP contribution in [0, 0.1) is 5.92 Å². The monoisotopic (exact) mass is 406 g/mol. The summed E-state index contributed by atoms with van der Waals surface area (Å²) in [5.74, 6) is -0.292. The standard InChI is InChI=1S/C24H30N4O2/c1-26-13-15-27(16-14-26)22-10-6-5-9-21(22)25-24(30)20-17-23(29)28(18-20)12-11-19-7-3-2-4-8-19/h2-10,20H,11-18H2,1H3,(H,25,30). The van der Waals surface area contributed by atoms with Crippen LogP contribution in [0.4, 0.5) is 11.4 Å². The SMILES string of the molecule is CN1CCN(c2ccccc2NC(=O)C2CC(=O)N(CCc3ccccc3)C2)CC1. The number of likely N-dealkylation sites (tertiary alicyclic amines) is 1. The first kappa shape index (κ1) is 20.4. The van der Waals surface area contributed by atoms with E-state index in [-0.39, 0.29) is 24.2 Å². The molecule has 0 saturated carbocycles. The fraction of sp³-hybridized carbons (Fsp3) is 0.417. The van der Waals surface area contributed by atoms with Crippen LogP contribution in [-0.2, 0) is 16.0 Å². The summed E-state index contributed by atoms with van der Waals surface area (Å²) in [6.45, 7) is 5.06. The number of piperazine rings is 1. The van der Waals surface area contributed by atoms with Gasteiger partial charge in [0.15, 0.2) is 0 Å². The second kappa shape index (κ2) is 9.30. The zero-order valence-corrected chi connectivity index (χ0v) is 17.6. The molecule has 0 radical (unpaired) electrons. The third-order valence-corrected chi connectivity index (χ3v) is 6.10. The maximum atomic E-state index is 13.0. The largest absolute Gasteiger partial charge is 0.367 e. The highest BCUT2D eigenvalue weighted by Gasteiger charge is 2.34. The van der Waals surface area contributed by atoms with Gasteiger partial charge in [-0.1, -0.05) is 42.5 Å². The first-order valence-corrected chi connectivity index (χ1v) is 10.8. The van der Waals surface area contributed by atoms with Gasteiger partial charge in [0.05, 0.1) is 17.3 Å². The number of hydrogen-bond acceptors (Lipinski definition) is 4. The maximum Gasteiger partial charge on any atom is 0.229 e. The molecule has 1 N–H and O–H groups in total. The Hall–Kier alpha value is -2.86. The van der Waals surface area contributed by atoms with E-state index in [1.54, 1.807) is 0 Å². The zero-order valence-electron chi connectivity index (χ0n) is 17.6. The molecule has 30 heavy (non-hydrogen) atoms. The van der Waals surface area contributed by atoms with Crippen molar-refractivity contribution in [3.8, 4) is 0 Å². The Morgan fingerprint density at radius 2 is 1.70 bits per heavy atom. The van der Waals surface area contributed by atoms with Crippen molar-refractivity contribution in [2.24, 2.45) is 5.92 Å². The number of anilines is 2. The number of nitrogens with one attached hydrogen (secondary N) is 1. The second-order valence-electron chi connectivity index (χ2n) is 8.27. The number of amides is 2. The molecule has 0 bridgehead atoms. The Kier molecular flexibility index (Phi) is 6.33. The molecule has 2 aliphatic rings.